The summed E-state index contributed by atoms with van der Waals surface area (Å²) < 4.78 is 5.32. The average molecular weight is 290 g/mol. The number of benzene rings is 1. The zero-order valence-electron chi connectivity index (χ0n) is 13.8. The minimum atomic E-state index is 0.623. The molecule has 3 heteroatoms. The molecule has 0 aliphatic carbocycles. The molecule has 0 radical (unpaired) electrons. The Bertz CT molecular complexity index is 421. The third-order valence-corrected chi connectivity index (χ3v) is 4.51. The van der Waals surface area contributed by atoms with Gasteiger partial charge in [0.15, 0.2) is 0 Å². The average Bonchev–Trinajstić information content (AvgIpc) is 2.53. The molecule has 3 nitrogen and oxygen atoms in total. The Kier molecular flexibility index (Phi) is 6.52. The second kappa shape index (κ2) is 8.40. The van der Waals surface area contributed by atoms with E-state index in [4.69, 9.17) is 4.74 Å². The Balaban J connectivity index is 1.88. The van der Waals surface area contributed by atoms with Gasteiger partial charge in [0.05, 0.1) is 7.11 Å². The number of nitrogens with one attached hydrogen (secondary N) is 1. The molecule has 118 valence electrons. The second-order valence-corrected chi connectivity index (χ2v) is 6.23. The number of ether oxygens (including phenoxy) is 1. The zero-order chi connectivity index (χ0) is 15.1. The fourth-order valence-corrected chi connectivity index (χ4v) is 3.21. The Morgan fingerprint density at radius 3 is 3.05 bits per heavy atom. The summed E-state index contributed by atoms with van der Waals surface area (Å²) in [5, 5.41) is 3.66. The van der Waals surface area contributed by atoms with Crippen molar-refractivity contribution in [3.05, 3.63) is 29.8 Å². The maximum absolute atomic E-state index is 5.32. The van der Waals surface area contributed by atoms with Crippen LogP contribution in [0.2, 0.25) is 0 Å². The SMILES string of the molecule is CCCNC(C)C1CCCN(Cc2cccc(OC)c2)C1. The highest BCUT2D eigenvalue weighted by Gasteiger charge is 2.24. The number of likely N-dealkylation sites (tertiary alicyclic amines) is 1. The van der Waals surface area contributed by atoms with Crippen LogP contribution in [0.25, 0.3) is 0 Å². The molecule has 0 saturated carbocycles. The lowest BCUT2D eigenvalue weighted by Crippen LogP contribution is -2.44. The van der Waals surface area contributed by atoms with E-state index < -0.39 is 0 Å². The van der Waals surface area contributed by atoms with Crippen LogP contribution < -0.4 is 10.1 Å². The van der Waals surface area contributed by atoms with Crippen LogP contribution in [0.15, 0.2) is 24.3 Å². The molecule has 1 aliphatic heterocycles. The van der Waals surface area contributed by atoms with Gasteiger partial charge in [0.1, 0.15) is 5.75 Å². The van der Waals surface area contributed by atoms with Crippen LogP contribution in [-0.2, 0) is 6.54 Å². The van der Waals surface area contributed by atoms with Crippen molar-refractivity contribution >= 4 is 0 Å². The molecule has 1 N–H and O–H groups in total. The van der Waals surface area contributed by atoms with E-state index in [0.29, 0.717) is 6.04 Å². The van der Waals surface area contributed by atoms with Gasteiger partial charge in [-0.25, -0.2) is 0 Å². The van der Waals surface area contributed by atoms with E-state index in [-0.39, 0.29) is 0 Å². The number of nitrogens with zero attached hydrogens (tertiary/aromatic N) is 1. The molecule has 1 aromatic rings. The fourth-order valence-electron chi connectivity index (χ4n) is 3.21. The lowest BCUT2D eigenvalue weighted by molar-refractivity contribution is 0.144. The summed E-state index contributed by atoms with van der Waals surface area (Å²) in [6, 6.07) is 9.08. The Morgan fingerprint density at radius 1 is 1.43 bits per heavy atom. The molecule has 1 heterocycles. The van der Waals surface area contributed by atoms with Crippen LogP contribution in [0.3, 0.4) is 0 Å². The van der Waals surface area contributed by atoms with E-state index in [9.17, 15) is 0 Å². The third-order valence-electron chi connectivity index (χ3n) is 4.51. The highest BCUT2D eigenvalue weighted by Crippen LogP contribution is 2.22. The summed E-state index contributed by atoms with van der Waals surface area (Å²) in [4.78, 5) is 2.59. The molecule has 0 amide bonds. The van der Waals surface area contributed by atoms with Crippen LogP contribution in [0.4, 0.5) is 0 Å². The summed E-state index contributed by atoms with van der Waals surface area (Å²) in [5.41, 5.74) is 1.35. The van der Waals surface area contributed by atoms with Gasteiger partial charge in [-0.15, -0.1) is 0 Å². The fraction of sp³-hybridized carbons (Fsp3) is 0.667. The lowest BCUT2D eigenvalue weighted by atomic mass is 9.91. The van der Waals surface area contributed by atoms with Crippen molar-refractivity contribution in [1.29, 1.82) is 0 Å². The van der Waals surface area contributed by atoms with Crippen LogP contribution in [0.1, 0.15) is 38.7 Å². The minimum absolute atomic E-state index is 0.623. The van der Waals surface area contributed by atoms with Gasteiger partial charge < -0.3 is 10.1 Å². The van der Waals surface area contributed by atoms with Gasteiger partial charge >= 0.3 is 0 Å². The van der Waals surface area contributed by atoms with Gasteiger partial charge in [0, 0.05) is 19.1 Å². The first kappa shape index (κ1) is 16.3. The summed E-state index contributed by atoms with van der Waals surface area (Å²) in [7, 11) is 1.73. The van der Waals surface area contributed by atoms with E-state index in [2.05, 4.69) is 42.3 Å². The van der Waals surface area contributed by atoms with Crippen LogP contribution in [0.5, 0.6) is 5.75 Å². The first-order valence-electron chi connectivity index (χ1n) is 8.31. The molecule has 1 saturated heterocycles. The molecule has 2 rings (SSSR count). The molecule has 21 heavy (non-hydrogen) atoms. The Morgan fingerprint density at radius 2 is 2.29 bits per heavy atom. The third kappa shape index (κ3) is 5.01. The molecular formula is C18H30N2O. The maximum atomic E-state index is 5.32. The van der Waals surface area contributed by atoms with Crippen molar-refractivity contribution in [1.82, 2.24) is 10.2 Å². The van der Waals surface area contributed by atoms with Crippen molar-refractivity contribution in [3.63, 3.8) is 0 Å². The summed E-state index contributed by atoms with van der Waals surface area (Å²) in [5.74, 6) is 1.73. The molecule has 1 aliphatic rings. The number of hydrogen-bond acceptors (Lipinski definition) is 3. The van der Waals surface area contributed by atoms with Gasteiger partial charge in [-0.2, -0.15) is 0 Å². The van der Waals surface area contributed by atoms with Gasteiger partial charge in [-0.3, -0.25) is 4.90 Å². The quantitative estimate of drug-likeness (QED) is 0.834. The number of methoxy groups -OCH3 is 1. The topological polar surface area (TPSA) is 24.5 Å². The van der Waals surface area contributed by atoms with E-state index in [1.54, 1.807) is 7.11 Å². The monoisotopic (exact) mass is 290 g/mol. The maximum Gasteiger partial charge on any atom is 0.119 e. The molecular weight excluding hydrogens is 260 g/mol. The van der Waals surface area contributed by atoms with E-state index >= 15 is 0 Å². The van der Waals surface area contributed by atoms with E-state index in [1.165, 1.54) is 37.9 Å². The number of hydrogen-bond donors (Lipinski definition) is 1. The summed E-state index contributed by atoms with van der Waals surface area (Å²) >= 11 is 0. The van der Waals surface area contributed by atoms with Crippen molar-refractivity contribution in [3.8, 4) is 5.75 Å². The standard InChI is InChI=1S/C18H30N2O/c1-4-10-19-15(2)17-8-6-11-20(14-17)13-16-7-5-9-18(12-16)21-3/h5,7,9,12,15,17,19H,4,6,8,10-11,13-14H2,1-3H3. The lowest BCUT2D eigenvalue weighted by Gasteiger charge is -2.36. The van der Waals surface area contributed by atoms with Gasteiger partial charge in [0.25, 0.3) is 0 Å². The highest BCUT2D eigenvalue weighted by molar-refractivity contribution is 5.28. The van der Waals surface area contributed by atoms with Crippen molar-refractivity contribution in [2.24, 2.45) is 5.92 Å². The van der Waals surface area contributed by atoms with E-state index in [0.717, 1.165) is 24.8 Å². The Hall–Kier alpha value is -1.06. The predicted octanol–water partition coefficient (Wildman–Crippen LogP) is 3.30. The smallest absolute Gasteiger partial charge is 0.119 e. The highest BCUT2D eigenvalue weighted by atomic mass is 16.5. The molecule has 1 fully saturated rings. The summed E-state index contributed by atoms with van der Waals surface area (Å²) in [6.07, 6.45) is 3.88. The van der Waals surface area contributed by atoms with E-state index in [1.807, 2.05) is 6.07 Å². The normalized spacial score (nSPS) is 21.2. The summed E-state index contributed by atoms with van der Waals surface area (Å²) in [6.45, 7) is 9.16. The van der Waals surface area contributed by atoms with Gasteiger partial charge in [-0.05, 0) is 62.9 Å². The van der Waals surface area contributed by atoms with Crippen LogP contribution in [-0.4, -0.2) is 37.7 Å². The molecule has 0 bridgehead atoms. The van der Waals surface area contributed by atoms with Gasteiger partial charge in [0.2, 0.25) is 0 Å². The zero-order valence-corrected chi connectivity index (χ0v) is 13.8. The first-order chi connectivity index (χ1) is 10.2. The molecule has 2 unspecified atom stereocenters. The number of rotatable bonds is 7. The number of piperidine rings is 1. The molecule has 0 aromatic heterocycles. The molecule has 0 spiro atoms. The second-order valence-electron chi connectivity index (χ2n) is 6.23. The minimum Gasteiger partial charge on any atom is -0.497 e. The van der Waals surface area contributed by atoms with Crippen molar-refractivity contribution in [2.45, 2.75) is 45.7 Å². The largest absolute Gasteiger partial charge is 0.497 e. The van der Waals surface area contributed by atoms with Crippen molar-refractivity contribution in [2.75, 3.05) is 26.7 Å². The Labute approximate surface area is 129 Å². The predicted molar refractivity (Wildman–Crippen MR) is 88.8 cm³/mol. The van der Waals surface area contributed by atoms with Gasteiger partial charge in [-0.1, -0.05) is 19.1 Å². The van der Waals surface area contributed by atoms with Crippen LogP contribution >= 0.6 is 0 Å². The molecule has 1 aromatic carbocycles. The van der Waals surface area contributed by atoms with Crippen molar-refractivity contribution < 1.29 is 4.74 Å². The first-order valence-corrected chi connectivity index (χ1v) is 8.31. The molecule has 2 atom stereocenters. The van der Waals surface area contributed by atoms with Crippen LogP contribution in [0, 0.1) is 5.92 Å².